The lowest BCUT2D eigenvalue weighted by atomic mass is 9.88. The lowest BCUT2D eigenvalue weighted by Crippen LogP contribution is -2.36. The van der Waals surface area contributed by atoms with Gasteiger partial charge in [0.1, 0.15) is 29.3 Å². The number of aliphatic hydroxyl groups excluding tert-OH is 1. The van der Waals surface area contributed by atoms with Crippen LogP contribution in [0, 0.1) is 5.92 Å². The van der Waals surface area contributed by atoms with E-state index in [1.165, 1.54) is 20.1 Å². The first-order valence-electron chi connectivity index (χ1n) is 9.30. The van der Waals surface area contributed by atoms with Crippen molar-refractivity contribution in [3.63, 3.8) is 0 Å². The Bertz CT molecular complexity index is 830. The van der Waals surface area contributed by atoms with Gasteiger partial charge in [0.15, 0.2) is 0 Å². The fourth-order valence-corrected chi connectivity index (χ4v) is 3.75. The zero-order valence-corrected chi connectivity index (χ0v) is 16.4. The van der Waals surface area contributed by atoms with E-state index in [0.29, 0.717) is 30.6 Å². The van der Waals surface area contributed by atoms with E-state index in [9.17, 15) is 19.8 Å². The monoisotopic (exact) mass is 390 g/mol. The van der Waals surface area contributed by atoms with Crippen LogP contribution in [0.15, 0.2) is 34.3 Å². The minimum absolute atomic E-state index is 0.00306. The van der Waals surface area contributed by atoms with Crippen LogP contribution in [0.5, 0.6) is 0 Å². The summed E-state index contributed by atoms with van der Waals surface area (Å²) in [5.74, 6) is -0.598. The number of fused-ring (bicyclic) bond motifs is 3. The Hall–Kier alpha value is -2.38. The third-order valence-electron chi connectivity index (χ3n) is 5.50. The largest absolute Gasteiger partial charge is 0.465 e. The quantitative estimate of drug-likeness (QED) is 0.590. The molecule has 3 heterocycles. The molecule has 0 aliphatic carbocycles. The third-order valence-corrected chi connectivity index (χ3v) is 5.50. The Morgan fingerprint density at radius 2 is 2.14 bits per heavy atom. The smallest absolute Gasteiger partial charge is 0.341 e. The molecule has 4 atom stereocenters. The summed E-state index contributed by atoms with van der Waals surface area (Å²) in [5.41, 5.74) is 0.0134. The molecule has 2 N–H and O–H groups in total. The van der Waals surface area contributed by atoms with Gasteiger partial charge in [-0.25, -0.2) is 9.59 Å². The Labute approximate surface area is 163 Å². The predicted molar refractivity (Wildman–Crippen MR) is 99.5 cm³/mol. The number of hydrogen-bond acceptors (Lipinski definition) is 7. The van der Waals surface area contributed by atoms with E-state index in [1.54, 1.807) is 6.08 Å². The van der Waals surface area contributed by atoms with Crippen LogP contribution >= 0.6 is 0 Å². The fraction of sp³-hybridized carbons (Fsp3) is 0.524. The Balaban J connectivity index is 2.06. The van der Waals surface area contributed by atoms with Crippen LogP contribution in [-0.2, 0) is 20.7 Å². The molecule has 0 saturated carbocycles. The van der Waals surface area contributed by atoms with Gasteiger partial charge >= 0.3 is 11.9 Å². The second-order valence-corrected chi connectivity index (χ2v) is 7.86. The molecule has 152 valence electrons. The van der Waals surface area contributed by atoms with Gasteiger partial charge in [-0.1, -0.05) is 12.2 Å². The lowest BCUT2D eigenvalue weighted by molar-refractivity contribution is -0.145. The molecule has 7 heteroatoms. The van der Waals surface area contributed by atoms with Gasteiger partial charge in [-0.3, -0.25) is 0 Å². The summed E-state index contributed by atoms with van der Waals surface area (Å²) in [6.07, 6.45) is 1.13. The zero-order chi connectivity index (χ0) is 20.6. The van der Waals surface area contributed by atoms with Crippen molar-refractivity contribution in [3.05, 3.63) is 47.0 Å². The highest BCUT2D eigenvalue weighted by atomic mass is 16.5. The van der Waals surface area contributed by atoms with Crippen molar-refractivity contribution in [2.24, 2.45) is 5.92 Å². The molecule has 1 aromatic rings. The summed E-state index contributed by atoms with van der Waals surface area (Å²) in [5, 5.41) is 21.5. The van der Waals surface area contributed by atoms with Gasteiger partial charge in [0, 0.05) is 18.4 Å². The maximum absolute atomic E-state index is 12.2. The highest BCUT2D eigenvalue weighted by Crippen LogP contribution is 2.37. The fourth-order valence-electron chi connectivity index (χ4n) is 3.75. The summed E-state index contributed by atoms with van der Waals surface area (Å²) >= 11 is 0. The molecule has 7 nitrogen and oxygen atoms in total. The van der Waals surface area contributed by atoms with Crippen LogP contribution in [0.2, 0.25) is 0 Å². The summed E-state index contributed by atoms with van der Waals surface area (Å²) in [7, 11) is 1.27. The first-order valence-corrected chi connectivity index (χ1v) is 9.30. The number of carbonyl (C=O) groups is 2. The first kappa shape index (κ1) is 20.4. The second-order valence-electron chi connectivity index (χ2n) is 7.86. The van der Waals surface area contributed by atoms with Crippen molar-refractivity contribution >= 4 is 11.9 Å². The van der Waals surface area contributed by atoms with E-state index < -0.39 is 29.7 Å². The van der Waals surface area contributed by atoms with Crippen molar-refractivity contribution in [2.75, 3.05) is 7.11 Å². The SMILES string of the molecule is C=C(C)[C@H]1CCC2=C[C@@H](C[C@@](C)(O)[C@@H](O)c3cc(C(=O)OC)c(o3)C1)OC2=O. The highest BCUT2D eigenvalue weighted by Gasteiger charge is 2.40. The average Bonchev–Trinajstić information content (AvgIpc) is 3.19. The molecule has 0 fully saturated rings. The summed E-state index contributed by atoms with van der Waals surface area (Å²) < 4.78 is 16.0. The zero-order valence-electron chi connectivity index (χ0n) is 16.4. The van der Waals surface area contributed by atoms with Gasteiger partial charge in [0.05, 0.1) is 12.7 Å². The molecule has 0 radical (unpaired) electrons. The van der Waals surface area contributed by atoms with Crippen LogP contribution in [0.1, 0.15) is 61.1 Å². The van der Waals surface area contributed by atoms with Gasteiger partial charge in [-0.15, -0.1) is 0 Å². The number of methoxy groups -OCH3 is 1. The molecule has 0 saturated heterocycles. The Morgan fingerprint density at radius 3 is 2.79 bits per heavy atom. The number of rotatable bonds is 2. The normalized spacial score (nSPS) is 30.4. The van der Waals surface area contributed by atoms with Crippen LogP contribution in [0.4, 0.5) is 0 Å². The number of carbonyl (C=O) groups excluding carboxylic acids is 2. The third kappa shape index (κ3) is 3.91. The molecular weight excluding hydrogens is 364 g/mol. The number of furan rings is 1. The van der Waals surface area contributed by atoms with Crippen molar-refractivity contribution < 1.29 is 33.7 Å². The number of aliphatic hydroxyl groups is 2. The van der Waals surface area contributed by atoms with E-state index in [0.717, 1.165) is 5.57 Å². The van der Waals surface area contributed by atoms with E-state index in [1.807, 2.05) is 6.92 Å². The van der Waals surface area contributed by atoms with Gasteiger partial charge in [-0.2, -0.15) is 0 Å². The van der Waals surface area contributed by atoms with E-state index in [-0.39, 0.29) is 23.7 Å². The molecule has 0 aromatic carbocycles. The van der Waals surface area contributed by atoms with Crippen molar-refractivity contribution in [2.45, 2.75) is 57.3 Å². The van der Waals surface area contributed by atoms with Crippen molar-refractivity contribution in [1.29, 1.82) is 0 Å². The standard InChI is InChI=1S/C21H26O7/c1-11(2)12-5-6-13-7-14(27-19(13)23)10-21(3,25)18(22)17-9-15(20(24)26-4)16(8-12)28-17/h7,9,12,14,18,22,25H,1,5-6,8,10H2,2-4H3/t12-,14-,18-,21+/m0/s1. The summed E-state index contributed by atoms with van der Waals surface area (Å²) in [6.45, 7) is 7.34. The highest BCUT2D eigenvalue weighted by molar-refractivity contribution is 5.91. The van der Waals surface area contributed by atoms with Crippen molar-refractivity contribution in [3.8, 4) is 0 Å². The molecule has 3 rings (SSSR count). The number of allylic oxidation sites excluding steroid dienone is 1. The summed E-state index contributed by atoms with van der Waals surface area (Å²) in [4.78, 5) is 24.4. The predicted octanol–water partition coefficient (Wildman–Crippen LogP) is 2.62. The van der Waals surface area contributed by atoms with Crippen LogP contribution in [-0.4, -0.2) is 41.0 Å². The van der Waals surface area contributed by atoms with Gasteiger partial charge in [-0.05, 0) is 44.7 Å². The maximum Gasteiger partial charge on any atom is 0.341 e. The minimum Gasteiger partial charge on any atom is -0.465 e. The van der Waals surface area contributed by atoms with Crippen molar-refractivity contribution in [1.82, 2.24) is 0 Å². The van der Waals surface area contributed by atoms with Gasteiger partial charge in [0.2, 0.25) is 0 Å². The molecule has 2 aliphatic heterocycles. The van der Waals surface area contributed by atoms with Crippen LogP contribution in [0.3, 0.4) is 0 Å². The van der Waals surface area contributed by atoms with Gasteiger partial charge < -0.3 is 24.1 Å². The molecule has 0 amide bonds. The minimum atomic E-state index is -1.64. The topological polar surface area (TPSA) is 106 Å². The Kier molecular flexibility index (Phi) is 5.50. The maximum atomic E-state index is 12.2. The number of ether oxygens (including phenoxy) is 2. The van der Waals surface area contributed by atoms with E-state index in [2.05, 4.69) is 6.58 Å². The number of hydrogen-bond donors (Lipinski definition) is 2. The van der Waals surface area contributed by atoms with E-state index >= 15 is 0 Å². The van der Waals surface area contributed by atoms with Gasteiger partial charge in [0.25, 0.3) is 0 Å². The molecule has 28 heavy (non-hydrogen) atoms. The molecule has 0 unspecified atom stereocenters. The lowest BCUT2D eigenvalue weighted by Gasteiger charge is -2.29. The molecule has 4 bridgehead atoms. The van der Waals surface area contributed by atoms with Crippen LogP contribution < -0.4 is 0 Å². The first-order chi connectivity index (χ1) is 13.1. The molecule has 1 aromatic heterocycles. The molecule has 0 spiro atoms. The average molecular weight is 390 g/mol. The van der Waals surface area contributed by atoms with Crippen LogP contribution in [0.25, 0.3) is 0 Å². The molecule has 2 aliphatic rings. The Morgan fingerprint density at radius 1 is 1.43 bits per heavy atom. The van der Waals surface area contributed by atoms with E-state index in [4.69, 9.17) is 13.9 Å². The number of esters is 2. The molecular formula is C21H26O7. The summed E-state index contributed by atoms with van der Waals surface area (Å²) in [6, 6.07) is 1.41. The second kappa shape index (κ2) is 7.56.